The van der Waals surface area contributed by atoms with Crippen LogP contribution in [0.5, 0.6) is 0 Å². The van der Waals surface area contributed by atoms with Crippen LogP contribution in [0.3, 0.4) is 0 Å². The SMILES string of the molecule is NS(=O)(=O)c1ccc(NC(=O)CCSC2CCCCC2)cc1. The molecule has 1 aromatic carbocycles. The molecule has 0 saturated heterocycles. The van der Waals surface area contributed by atoms with Gasteiger partial charge in [-0.2, -0.15) is 11.8 Å². The Balaban J connectivity index is 1.74. The number of sulfonamides is 1. The second kappa shape index (κ2) is 7.99. The van der Waals surface area contributed by atoms with E-state index in [4.69, 9.17) is 5.14 Å². The van der Waals surface area contributed by atoms with Gasteiger partial charge in [0, 0.05) is 23.1 Å². The van der Waals surface area contributed by atoms with Gasteiger partial charge in [0.1, 0.15) is 0 Å². The lowest BCUT2D eigenvalue weighted by atomic mass is 10.0. The zero-order valence-corrected chi connectivity index (χ0v) is 14.1. The summed E-state index contributed by atoms with van der Waals surface area (Å²) in [6.45, 7) is 0. The van der Waals surface area contributed by atoms with Gasteiger partial charge in [-0.25, -0.2) is 13.6 Å². The predicted octanol–water partition coefficient (Wildman–Crippen LogP) is 2.73. The number of anilines is 1. The Labute approximate surface area is 136 Å². The first-order chi connectivity index (χ1) is 10.4. The van der Waals surface area contributed by atoms with Crippen LogP contribution in [0.4, 0.5) is 5.69 Å². The van der Waals surface area contributed by atoms with Crippen LogP contribution in [0.25, 0.3) is 0 Å². The Bertz CT molecular complexity index is 594. The number of hydrogen-bond donors (Lipinski definition) is 2. The Morgan fingerprint density at radius 3 is 2.41 bits per heavy atom. The quantitative estimate of drug-likeness (QED) is 0.832. The molecule has 0 radical (unpaired) electrons. The molecule has 0 bridgehead atoms. The zero-order valence-electron chi connectivity index (χ0n) is 12.5. The molecule has 1 aliphatic rings. The molecule has 2 rings (SSSR count). The van der Waals surface area contributed by atoms with Crippen LogP contribution < -0.4 is 10.5 Å². The van der Waals surface area contributed by atoms with Crippen molar-refractivity contribution in [2.75, 3.05) is 11.1 Å². The Kier molecular flexibility index (Phi) is 6.28. The fourth-order valence-corrected chi connectivity index (χ4v) is 4.32. The molecule has 1 fully saturated rings. The summed E-state index contributed by atoms with van der Waals surface area (Å²) >= 11 is 1.89. The number of amides is 1. The molecule has 0 unspecified atom stereocenters. The summed E-state index contributed by atoms with van der Waals surface area (Å²) in [5.41, 5.74) is 0.583. The highest BCUT2D eigenvalue weighted by Gasteiger charge is 2.14. The lowest BCUT2D eigenvalue weighted by Crippen LogP contribution is -2.15. The van der Waals surface area contributed by atoms with Gasteiger partial charge in [0.2, 0.25) is 15.9 Å². The third-order valence-corrected chi connectivity index (χ3v) is 6.01. The van der Waals surface area contributed by atoms with Crippen LogP contribution in [0.1, 0.15) is 38.5 Å². The lowest BCUT2D eigenvalue weighted by molar-refractivity contribution is -0.115. The number of nitrogens with two attached hydrogens (primary N) is 1. The summed E-state index contributed by atoms with van der Waals surface area (Å²) in [7, 11) is -3.69. The molecule has 1 amide bonds. The first kappa shape index (κ1) is 17.3. The predicted molar refractivity (Wildman–Crippen MR) is 90.4 cm³/mol. The Hall–Kier alpha value is -1.05. The fraction of sp³-hybridized carbons (Fsp3) is 0.533. The van der Waals surface area contributed by atoms with Crippen LogP contribution in [0.15, 0.2) is 29.2 Å². The van der Waals surface area contributed by atoms with Gasteiger partial charge in [0.25, 0.3) is 0 Å². The monoisotopic (exact) mass is 342 g/mol. The number of primary sulfonamides is 1. The molecule has 1 aliphatic carbocycles. The molecule has 0 aliphatic heterocycles. The maximum atomic E-state index is 11.9. The van der Waals surface area contributed by atoms with Crippen molar-refractivity contribution in [1.82, 2.24) is 0 Å². The third kappa shape index (κ3) is 5.62. The van der Waals surface area contributed by atoms with Crippen molar-refractivity contribution in [1.29, 1.82) is 0 Å². The lowest BCUT2D eigenvalue weighted by Gasteiger charge is -2.20. The molecular weight excluding hydrogens is 320 g/mol. The third-order valence-electron chi connectivity index (χ3n) is 3.70. The van der Waals surface area contributed by atoms with E-state index in [0.717, 1.165) is 5.75 Å². The van der Waals surface area contributed by atoms with Gasteiger partial charge in [-0.05, 0) is 37.1 Å². The molecule has 0 aromatic heterocycles. The molecule has 0 spiro atoms. The number of nitrogens with one attached hydrogen (secondary N) is 1. The normalized spacial score (nSPS) is 16.4. The van der Waals surface area contributed by atoms with E-state index in [0.29, 0.717) is 17.4 Å². The second-order valence-electron chi connectivity index (χ2n) is 5.50. The fourth-order valence-electron chi connectivity index (χ4n) is 2.50. The maximum Gasteiger partial charge on any atom is 0.238 e. The summed E-state index contributed by atoms with van der Waals surface area (Å²) in [4.78, 5) is 11.9. The molecule has 0 atom stereocenters. The van der Waals surface area contributed by atoms with E-state index in [1.807, 2.05) is 11.8 Å². The summed E-state index contributed by atoms with van der Waals surface area (Å²) in [6, 6.07) is 5.88. The topological polar surface area (TPSA) is 89.3 Å². The molecule has 5 nitrogen and oxygen atoms in total. The number of benzene rings is 1. The smallest absolute Gasteiger partial charge is 0.238 e. The highest BCUT2D eigenvalue weighted by atomic mass is 32.2. The van der Waals surface area contributed by atoms with Gasteiger partial charge in [0.05, 0.1) is 4.90 Å². The van der Waals surface area contributed by atoms with Gasteiger partial charge >= 0.3 is 0 Å². The molecule has 1 aromatic rings. The van der Waals surface area contributed by atoms with Gasteiger partial charge in [-0.3, -0.25) is 4.79 Å². The number of carbonyl (C=O) groups excluding carboxylic acids is 1. The number of hydrogen-bond acceptors (Lipinski definition) is 4. The van der Waals surface area contributed by atoms with Crippen LogP contribution in [0, 0.1) is 0 Å². The minimum Gasteiger partial charge on any atom is -0.326 e. The number of carbonyl (C=O) groups is 1. The van der Waals surface area contributed by atoms with Crippen LogP contribution >= 0.6 is 11.8 Å². The van der Waals surface area contributed by atoms with E-state index >= 15 is 0 Å². The van der Waals surface area contributed by atoms with Gasteiger partial charge in [-0.1, -0.05) is 19.3 Å². The van der Waals surface area contributed by atoms with Gasteiger partial charge in [0.15, 0.2) is 0 Å². The van der Waals surface area contributed by atoms with Crippen molar-refractivity contribution in [2.24, 2.45) is 5.14 Å². The average Bonchev–Trinajstić information content (AvgIpc) is 2.48. The molecule has 0 heterocycles. The van der Waals surface area contributed by atoms with Crippen LogP contribution in [0.2, 0.25) is 0 Å². The number of thioether (sulfide) groups is 1. The van der Waals surface area contributed by atoms with E-state index in [-0.39, 0.29) is 10.8 Å². The van der Waals surface area contributed by atoms with Crippen LogP contribution in [-0.2, 0) is 14.8 Å². The van der Waals surface area contributed by atoms with Crippen molar-refractivity contribution >= 4 is 33.4 Å². The van der Waals surface area contributed by atoms with Crippen molar-refractivity contribution in [3.63, 3.8) is 0 Å². The zero-order chi connectivity index (χ0) is 16.0. The average molecular weight is 342 g/mol. The Morgan fingerprint density at radius 2 is 1.82 bits per heavy atom. The Morgan fingerprint density at radius 1 is 1.18 bits per heavy atom. The molecular formula is C15H22N2O3S2. The molecule has 1 saturated carbocycles. The largest absolute Gasteiger partial charge is 0.326 e. The second-order valence-corrected chi connectivity index (χ2v) is 8.47. The summed E-state index contributed by atoms with van der Waals surface area (Å²) in [5.74, 6) is 0.776. The molecule has 7 heteroatoms. The van der Waals surface area contributed by atoms with Gasteiger partial charge < -0.3 is 5.32 Å². The van der Waals surface area contributed by atoms with Crippen molar-refractivity contribution in [3.05, 3.63) is 24.3 Å². The molecule has 22 heavy (non-hydrogen) atoms. The van der Waals surface area contributed by atoms with E-state index in [9.17, 15) is 13.2 Å². The van der Waals surface area contributed by atoms with E-state index in [1.165, 1.54) is 44.2 Å². The summed E-state index contributed by atoms with van der Waals surface area (Å²) in [6.07, 6.45) is 6.95. The van der Waals surface area contributed by atoms with Crippen molar-refractivity contribution in [2.45, 2.75) is 48.7 Å². The first-order valence-corrected chi connectivity index (χ1v) is 10.1. The molecule has 122 valence electrons. The maximum absolute atomic E-state index is 11.9. The highest BCUT2D eigenvalue weighted by Crippen LogP contribution is 2.28. The van der Waals surface area contributed by atoms with Crippen molar-refractivity contribution in [3.8, 4) is 0 Å². The van der Waals surface area contributed by atoms with Crippen LogP contribution in [-0.4, -0.2) is 25.3 Å². The minimum absolute atomic E-state index is 0.0401. The molecule has 3 N–H and O–H groups in total. The summed E-state index contributed by atoms with van der Waals surface area (Å²) < 4.78 is 22.3. The number of rotatable bonds is 6. The van der Waals surface area contributed by atoms with E-state index in [1.54, 1.807) is 12.1 Å². The summed E-state index contributed by atoms with van der Waals surface area (Å²) in [5, 5.41) is 8.50. The van der Waals surface area contributed by atoms with E-state index < -0.39 is 10.0 Å². The van der Waals surface area contributed by atoms with Crippen molar-refractivity contribution < 1.29 is 13.2 Å². The minimum atomic E-state index is -3.69. The first-order valence-electron chi connectivity index (χ1n) is 7.49. The van der Waals surface area contributed by atoms with Gasteiger partial charge in [-0.15, -0.1) is 0 Å². The standard InChI is InChI=1S/C15H22N2O3S2/c16-22(19,20)14-8-6-12(7-9-14)17-15(18)10-11-21-13-4-2-1-3-5-13/h6-9,13H,1-5,10-11H2,(H,17,18)(H2,16,19,20). The van der Waals surface area contributed by atoms with E-state index in [2.05, 4.69) is 5.32 Å². The highest BCUT2D eigenvalue weighted by molar-refractivity contribution is 7.99.